The molecule has 0 aliphatic carbocycles. The molecule has 1 amide bonds. The molecule has 29 heavy (non-hydrogen) atoms. The highest BCUT2D eigenvalue weighted by atomic mass is 32.2. The van der Waals surface area contributed by atoms with Gasteiger partial charge in [0.05, 0.1) is 10.9 Å². The highest BCUT2D eigenvalue weighted by Crippen LogP contribution is 2.24. The zero-order valence-corrected chi connectivity index (χ0v) is 18.3. The molecule has 6 nitrogen and oxygen atoms in total. The number of amides is 1. The van der Waals surface area contributed by atoms with Gasteiger partial charge in [0, 0.05) is 31.9 Å². The maximum absolute atomic E-state index is 12.8. The van der Waals surface area contributed by atoms with Gasteiger partial charge in [0.2, 0.25) is 15.9 Å². The number of hydrogen-bond donors (Lipinski definition) is 1. The van der Waals surface area contributed by atoms with Crippen LogP contribution in [-0.2, 0) is 14.8 Å². The summed E-state index contributed by atoms with van der Waals surface area (Å²) in [5, 5.41) is 0. The summed E-state index contributed by atoms with van der Waals surface area (Å²) in [5.41, 5.74) is 4.69. The van der Waals surface area contributed by atoms with Gasteiger partial charge in [-0.05, 0) is 57.0 Å². The number of aryl methyl sites for hydroxylation is 2. The third-order valence-electron chi connectivity index (χ3n) is 5.54. The number of nitrogens with one attached hydrogen (secondary N) is 1. The number of benzene rings is 2. The van der Waals surface area contributed by atoms with Gasteiger partial charge in [0.15, 0.2) is 0 Å². The fourth-order valence-corrected chi connectivity index (χ4v) is 4.79. The molecule has 3 rings (SSSR count). The van der Waals surface area contributed by atoms with Crippen LogP contribution >= 0.6 is 0 Å². The van der Waals surface area contributed by atoms with Crippen LogP contribution < -0.4 is 9.62 Å². The van der Waals surface area contributed by atoms with Crippen LogP contribution in [0, 0.1) is 20.8 Å². The van der Waals surface area contributed by atoms with E-state index in [4.69, 9.17) is 0 Å². The smallest absolute Gasteiger partial charge is 0.241 e. The van der Waals surface area contributed by atoms with Gasteiger partial charge < -0.3 is 9.80 Å². The van der Waals surface area contributed by atoms with Gasteiger partial charge in [0.1, 0.15) is 0 Å². The average molecular weight is 416 g/mol. The number of piperazine rings is 1. The van der Waals surface area contributed by atoms with Gasteiger partial charge in [-0.3, -0.25) is 4.79 Å². The predicted octanol–water partition coefficient (Wildman–Crippen LogP) is 2.63. The molecule has 1 atom stereocenters. The van der Waals surface area contributed by atoms with Crippen molar-refractivity contribution in [1.29, 1.82) is 0 Å². The standard InChI is InChI=1S/C22H29N3O3S/c1-16-8-10-20(11-9-16)29(27,28)23-19(4)22(26)25-14-12-24(13-15-25)21-7-5-6-17(2)18(21)3/h5-11,19,23H,12-15H2,1-4H3/t19-/m0/s1. The van der Waals surface area contributed by atoms with Crippen LogP contribution in [0.15, 0.2) is 47.4 Å². The predicted molar refractivity (Wildman–Crippen MR) is 116 cm³/mol. The van der Waals surface area contributed by atoms with Crippen LogP contribution in [0.2, 0.25) is 0 Å². The lowest BCUT2D eigenvalue weighted by Crippen LogP contribution is -2.54. The SMILES string of the molecule is Cc1ccc(S(=O)(=O)N[C@@H](C)C(=O)N2CCN(c3cccc(C)c3C)CC2)cc1. The fraction of sp³-hybridized carbons (Fsp3) is 0.409. The van der Waals surface area contributed by atoms with Crippen LogP contribution in [0.5, 0.6) is 0 Å². The first-order chi connectivity index (χ1) is 13.7. The van der Waals surface area contributed by atoms with Crippen molar-refractivity contribution in [1.82, 2.24) is 9.62 Å². The van der Waals surface area contributed by atoms with Gasteiger partial charge in [-0.1, -0.05) is 29.8 Å². The molecule has 0 aromatic heterocycles. The number of hydrogen-bond acceptors (Lipinski definition) is 4. The van der Waals surface area contributed by atoms with Gasteiger partial charge in [-0.2, -0.15) is 4.72 Å². The minimum absolute atomic E-state index is 0.169. The van der Waals surface area contributed by atoms with E-state index in [9.17, 15) is 13.2 Å². The Kier molecular flexibility index (Phi) is 6.29. The number of anilines is 1. The van der Waals surface area contributed by atoms with Crippen LogP contribution in [0.25, 0.3) is 0 Å². The van der Waals surface area contributed by atoms with Crippen molar-refractivity contribution in [3.63, 3.8) is 0 Å². The Morgan fingerprint density at radius 2 is 1.59 bits per heavy atom. The molecular weight excluding hydrogens is 386 g/mol. The Labute approximate surface area is 173 Å². The van der Waals surface area contributed by atoms with E-state index >= 15 is 0 Å². The molecule has 0 unspecified atom stereocenters. The van der Waals surface area contributed by atoms with Crippen molar-refractivity contribution >= 4 is 21.6 Å². The number of rotatable bonds is 5. The van der Waals surface area contributed by atoms with Crippen molar-refractivity contribution in [2.45, 2.75) is 38.6 Å². The molecule has 0 saturated carbocycles. The number of nitrogens with zero attached hydrogens (tertiary/aromatic N) is 2. The van der Waals surface area contributed by atoms with E-state index in [0.717, 1.165) is 18.7 Å². The number of carbonyl (C=O) groups excluding carboxylic acids is 1. The van der Waals surface area contributed by atoms with Gasteiger partial charge in [-0.15, -0.1) is 0 Å². The molecule has 156 valence electrons. The molecule has 7 heteroatoms. The second-order valence-electron chi connectivity index (χ2n) is 7.69. The molecule has 1 N–H and O–H groups in total. The summed E-state index contributed by atoms with van der Waals surface area (Å²) < 4.78 is 27.6. The first kappa shape index (κ1) is 21.3. The molecule has 1 aliphatic heterocycles. The zero-order valence-electron chi connectivity index (χ0n) is 17.5. The Balaban J connectivity index is 1.61. The third kappa shape index (κ3) is 4.79. The van der Waals surface area contributed by atoms with E-state index < -0.39 is 16.1 Å². The number of sulfonamides is 1. The summed E-state index contributed by atoms with van der Waals surface area (Å²) in [6.45, 7) is 10.3. The van der Waals surface area contributed by atoms with E-state index in [-0.39, 0.29) is 10.8 Å². The summed E-state index contributed by atoms with van der Waals surface area (Å²) in [7, 11) is -3.73. The highest BCUT2D eigenvalue weighted by molar-refractivity contribution is 7.89. The molecule has 2 aromatic carbocycles. The summed E-state index contributed by atoms with van der Waals surface area (Å²) in [4.78, 5) is 17.0. The quantitative estimate of drug-likeness (QED) is 0.815. The van der Waals surface area contributed by atoms with Crippen LogP contribution in [0.3, 0.4) is 0 Å². The lowest BCUT2D eigenvalue weighted by Gasteiger charge is -2.38. The van der Waals surface area contributed by atoms with E-state index in [1.165, 1.54) is 16.8 Å². The van der Waals surface area contributed by atoms with Crippen molar-refractivity contribution in [3.8, 4) is 0 Å². The second-order valence-corrected chi connectivity index (χ2v) is 9.40. The van der Waals surface area contributed by atoms with Crippen molar-refractivity contribution in [3.05, 3.63) is 59.2 Å². The van der Waals surface area contributed by atoms with E-state index in [1.54, 1.807) is 36.1 Å². The first-order valence-corrected chi connectivity index (χ1v) is 11.4. The molecular formula is C22H29N3O3S. The molecule has 1 fully saturated rings. The van der Waals surface area contributed by atoms with Crippen LogP contribution in [-0.4, -0.2) is 51.4 Å². The Hall–Kier alpha value is -2.38. The van der Waals surface area contributed by atoms with Gasteiger partial charge in [0.25, 0.3) is 0 Å². The molecule has 1 aliphatic rings. The summed E-state index contributed by atoms with van der Waals surface area (Å²) >= 11 is 0. The Morgan fingerprint density at radius 1 is 0.966 bits per heavy atom. The lowest BCUT2D eigenvalue weighted by molar-refractivity contribution is -0.132. The normalized spacial score (nSPS) is 16.0. The Bertz CT molecular complexity index is 979. The molecule has 0 radical (unpaired) electrons. The fourth-order valence-electron chi connectivity index (χ4n) is 3.59. The first-order valence-electron chi connectivity index (χ1n) is 9.88. The molecule has 1 heterocycles. The largest absolute Gasteiger partial charge is 0.368 e. The number of carbonyl (C=O) groups is 1. The molecule has 2 aromatic rings. The van der Waals surface area contributed by atoms with E-state index in [1.807, 2.05) is 6.92 Å². The lowest BCUT2D eigenvalue weighted by atomic mass is 10.1. The maximum Gasteiger partial charge on any atom is 0.241 e. The van der Waals surface area contributed by atoms with Crippen molar-refractivity contribution in [2.75, 3.05) is 31.1 Å². The molecule has 1 saturated heterocycles. The topological polar surface area (TPSA) is 69.7 Å². The van der Waals surface area contributed by atoms with Gasteiger partial charge in [-0.25, -0.2) is 8.42 Å². The van der Waals surface area contributed by atoms with Gasteiger partial charge >= 0.3 is 0 Å². The minimum atomic E-state index is -3.73. The highest BCUT2D eigenvalue weighted by Gasteiger charge is 2.28. The van der Waals surface area contributed by atoms with E-state index in [2.05, 4.69) is 41.7 Å². The molecule has 0 bridgehead atoms. The van der Waals surface area contributed by atoms with E-state index in [0.29, 0.717) is 13.1 Å². The van der Waals surface area contributed by atoms with Crippen LogP contribution in [0.1, 0.15) is 23.6 Å². The van der Waals surface area contributed by atoms with Crippen molar-refractivity contribution in [2.24, 2.45) is 0 Å². The minimum Gasteiger partial charge on any atom is -0.368 e. The zero-order chi connectivity index (χ0) is 21.2. The Morgan fingerprint density at radius 3 is 2.21 bits per heavy atom. The summed E-state index contributed by atoms with van der Waals surface area (Å²) in [6.07, 6.45) is 0. The van der Waals surface area contributed by atoms with Crippen LogP contribution in [0.4, 0.5) is 5.69 Å². The van der Waals surface area contributed by atoms with Crippen molar-refractivity contribution < 1.29 is 13.2 Å². The molecule has 0 spiro atoms. The monoisotopic (exact) mass is 415 g/mol. The third-order valence-corrected chi connectivity index (χ3v) is 7.10. The second kappa shape index (κ2) is 8.55. The average Bonchev–Trinajstić information content (AvgIpc) is 2.69. The maximum atomic E-state index is 12.8. The summed E-state index contributed by atoms with van der Waals surface area (Å²) in [5.74, 6) is -0.193. The summed E-state index contributed by atoms with van der Waals surface area (Å²) in [6, 6.07) is 12.0.